The largest absolute Gasteiger partial charge is 0.396 e. The summed E-state index contributed by atoms with van der Waals surface area (Å²) in [6, 6.07) is 7.22. The molecule has 30 heavy (non-hydrogen) atoms. The van der Waals surface area contributed by atoms with Crippen molar-refractivity contribution >= 4 is 29.9 Å². The second kappa shape index (κ2) is 14.2. The van der Waals surface area contributed by atoms with E-state index in [1.54, 1.807) is 0 Å². The number of aliphatic hydroxyl groups excluding tert-OH is 1. The van der Waals surface area contributed by atoms with Crippen LogP contribution in [-0.4, -0.2) is 54.8 Å². The Labute approximate surface area is 198 Å². The summed E-state index contributed by atoms with van der Waals surface area (Å²) in [6.45, 7) is 11.2. The van der Waals surface area contributed by atoms with E-state index in [1.165, 1.54) is 12.1 Å². The van der Waals surface area contributed by atoms with Gasteiger partial charge in [0.05, 0.1) is 0 Å². The lowest BCUT2D eigenvalue weighted by Gasteiger charge is -2.34. The minimum absolute atomic E-state index is 0. The molecule has 0 saturated carbocycles. The van der Waals surface area contributed by atoms with Crippen molar-refractivity contribution < 1.29 is 9.50 Å². The van der Waals surface area contributed by atoms with Gasteiger partial charge in [0, 0.05) is 45.4 Å². The first-order valence-corrected chi connectivity index (χ1v) is 11.2. The molecule has 0 bridgehead atoms. The predicted molar refractivity (Wildman–Crippen MR) is 134 cm³/mol. The van der Waals surface area contributed by atoms with Crippen molar-refractivity contribution in [3.63, 3.8) is 0 Å². The summed E-state index contributed by atoms with van der Waals surface area (Å²) in [4.78, 5) is 7.30. The second-order valence-corrected chi connectivity index (χ2v) is 8.20. The molecular weight excluding hydrogens is 494 g/mol. The van der Waals surface area contributed by atoms with Gasteiger partial charge in [-0.1, -0.05) is 26.0 Å². The van der Waals surface area contributed by atoms with Crippen LogP contribution >= 0.6 is 24.0 Å². The highest BCUT2D eigenvalue weighted by Crippen LogP contribution is 2.30. The minimum Gasteiger partial charge on any atom is -0.396 e. The van der Waals surface area contributed by atoms with E-state index in [4.69, 9.17) is 4.99 Å². The molecule has 0 spiro atoms. The van der Waals surface area contributed by atoms with Crippen LogP contribution in [0.25, 0.3) is 0 Å². The van der Waals surface area contributed by atoms with Crippen LogP contribution in [-0.2, 0) is 6.54 Å². The normalized spacial score (nSPS) is 16.2. The zero-order valence-electron chi connectivity index (χ0n) is 18.8. The fourth-order valence-electron chi connectivity index (χ4n) is 3.99. The molecule has 1 aromatic carbocycles. The van der Waals surface area contributed by atoms with Crippen molar-refractivity contribution in [1.82, 2.24) is 15.5 Å². The summed E-state index contributed by atoms with van der Waals surface area (Å²) in [6.07, 6.45) is 4.97. The number of nitrogens with one attached hydrogen (secondary N) is 2. The first-order valence-electron chi connectivity index (χ1n) is 11.2. The van der Waals surface area contributed by atoms with Gasteiger partial charge in [0.1, 0.15) is 5.82 Å². The number of nitrogens with zero attached hydrogens (tertiary/aromatic N) is 2. The third kappa shape index (κ3) is 8.67. The average molecular weight is 535 g/mol. The van der Waals surface area contributed by atoms with Crippen molar-refractivity contribution in [3.8, 4) is 0 Å². The SMILES string of the molecule is CCNC(=NCC(CC)(CC)CCO)NC1CCN(Cc2ccc(F)cc2)CC1.I. The summed E-state index contributed by atoms with van der Waals surface area (Å²) >= 11 is 0. The molecule has 0 aromatic heterocycles. The minimum atomic E-state index is -0.180. The van der Waals surface area contributed by atoms with Gasteiger partial charge < -0.3 is 15.7 Å². The van der Waals surface area contributed by atoms with Gasteiger partial charge in [-0.15, -0.1) is 24.0 Å². The molecule has 0 unspecified atom stereocenters. The van der Waals surface area contributed by atoms with E-state index in [-0.39, 0.29) is 41.8 Å². The quantitative estimate of drug-likeness (QED) is 0.240. The molecule has 5 nitrogen and oxygen atoms in total. The molecule has 3 N–H and O–H groups in total. The van der Waals surface area contributed by atoms with Crippen LogP contribution in [0.1, 0.15) is 58.4 Å². The molecule has 1 fully saturated rings. The molecule has 2 rings (SSSR count). The number of halogens is 2. The van der Waals surface area contributed by atoms with E-state index in [9.17, 15) is 9.50 Å². The Morgan fingerprint density at radius 3 is 2.33 bits per heavy atom. The maximum atomic E-state index is 13.1. The average Bonchev–Trinajstić information content (AvgIpc) is 2.74. The van der Waals surface area contributed by atoms with E-state index >= 15 is 0 Å². The Bertz CT molecular complexity index is 614. The Balaban J connectivity index is 0.00000450. The highest BCUT2D eigenvalue weighted by atomic mass is 127. The maximum absolute atomic E-state index is 13.1. The van der Waals surface area contributed by atoms with Crippen molar-refractivity contribution in [2.24, 2.45) is 10.4 Å². The predicted octanol–water partition coefficient (Wildman–Crippen LogP) is 4.15. The maximum Gasteiger partial charge on any atom is 0.191 e. The second-order valence-electron chi connectivity index (χ2n) is 8.20. The zero-order chi connectivity index (χ0) is 21.1. The van der Waals surface area contributed by atoms with Gasteiger partial charge in [-0.2, -0.15) is 0 Å². The summed E-state index contributed by atoms with van der Waals surface area (Å²) in [5.74, 6) is 0.703. The van der Waals surface area contributed by atoms with Gasteiger partial charge >= 0.3 is 0 Å². The van der Waals surface area contributed by atoms with Crippen LogP contribution < -0.4 is 10.6 Å². The van der Waals surface area contributed by atoms with E-state index < -0.39 is 0 Å². The fraction of sp³-hybridized carbons (Fsp3) is 0.696. The molecule has 0 radical (unpaired) electrons. The van der Waals surface area contributed by atoms with Crippen LogP contribution in [0, 0.1) is 11.2 Å². The lowest BCUT2D eigenvalue weighted by atomic mass is 9.79. The lowest BCUT2D eigenvalue weighted by Crippen LogP contribution is -2.48. The number of rotatable bonds is 10. The first kappa shape index (κ1) is 27.1. The molecule has 7 heteroatoms. The molecule has 172 valence electrons. The Kier molecular flexibility index (Phi) is 12.8. The number of hydrogen-bond donors (Lipinski definition) is 3. The topological polar surface area (TPSA) is 59.9 Å². The van der Waals surface area contributed by atoms with Crippen molar-refractivity contribution in [1.29, 1.82) is 0 Å². The summed E-state index contributed by atoms with van der Waals surface area (Å²) in [5.41, 5.74) is 1.24. The lowest BCUT2D eigenvalue weighted by molar-refractivity contribution is 0.175. The summed E-state index contributed by atoms with van der Waals surface area (Å²) in [7, 11) is 0. The molecule has 1 aliphatic heterocycles. The molecule has 0 aliphatic carbocycles. The highest BCUT2D eigenvalue weighted by molar-refractivity contribution is 14.0. The monoisotopic (exact) mass is 534 g/mol. The van der Waals surface area contributed by atoms with Crippen molar-refractivity contribution in [3.05, 3.63) is 35.6 Å². The van der Waals surface area contributed by atoms with Gasteiger partial charge in [-0.3, -0.25) is 9.89 Å². The van der Waals surface area contributed by atoms with Gasteiger partial charge in [0.25, 0.3) is 0 Å². The van der Waals surface area contributed by atoms with Crippen molar-refractivity contribution in [2.45, 2.75) is 65.5 Å². The zero-order valence-corrected chi connectivity index (χ0v) is 21.1. The molecular formula is C23H40FIN4O. The highest BCUT2D eigenvalue weighted by Gasteiger charge is 2.26. The Morgan fingerprint density at radius 2 is 1.80 bits per heavy atom. The van der Waals surface area contributed by atoms with Crippen LogP contribution in [0.4, 0.5) is 4.39 Å². The van der Waals surface area contributed by atoms with Gasteiger partial charge in [0.15, 0.2) is 5.96 Å². The summed E-state index contributed by atoms with van der Waals surface area (Å²) in [5, 5.41) is 16.4. The van der Waals surface area contributed by atoms with E-state index in [1.807, 2.05) is 12.1 Å². The first-order chi connectivity index (χ1) is 14.0. The number of likely N-dealkylation sites (tertiary alicyclic amines) is 1. The smallest absolute Gasteiger partial charge is 0.191 e. The van der Waals surface area contributed by atoms with Gasteiger partial charge in [-0.05, 0) is 62.1 Å². The third-order valence-electron chi connectivity index (χ3n) is 6.31. The molecule has 1 aliphatic rings. The van der Waals surface area contributed by atoms with Crippen LogP contribution in [0.5, 0.6) is 0 Å². The molecule has 1 aromatic rings. The molecule has 0 atom stereocenters. The van der Waals surface area contributed by atoms with Crippen molar-refractivity contribution in [2.75, 3.05) is 32.8 Å². The third-order valence-corrected chi connectivity index (χ3v) is 6.31. The number of hydrogen-bond acceptors (Lipinski definition) is 3. The van der Waals surface area contributed by atoms with Crippen LogP contribution in [0.2, 0.25) is 0 Å². The fourth-order valence-corrected chi connectivity index (χ4v) is 3.99. The number of aliphatic hydroxyl groups is 1. The van der Waals surface area contributed by atoms with Gasteiger partial charge in [-0.25, -0.2) is 4.39 Å². The van der Waals surface area contributed by atoms with Crippen LogP contribution in [0.3, 0.4) is 0 Å². The molecule has 1 heterocycles. The standard InChI is InChI=1S/C23H39FN4O.HI/c1-4-23(5-2,13-16-29)18-26-22(25-6-3)27-21-11-14-28(15-12-21)17-19-7-9-20(24)10-8-19;/h7-10,21,29H,4-6,11-18H2,1-3H3,(H2,25,26,27);1H. The van der Waals surface area contributed by atoms with E-state index in [0.29, 0.717) is 6.04 Å². The van der Waals surface area contributed by atoms with E-state index in [0.717, 1.165) is 76.4 Å². The summed E-state index contributed by atoms with van der Waals surface area (Å²) < 4.78 is 13.1. The number of guanidine groups is 1. The Morgan fingerprint density at radius 1 is 1.17 bits per heavy atom. The van der Waals surface area contributed by atoms with Gasteiger partial charge in [0.2, 0.25) is 0 Å². The Hall–Kier alpha value is -0.930. The number of piperidine rings is 1. The van der Waals surface area contributed by atoms with Crippen LogP contribution in [0.15, 0.2) is 29.3 Å². The molecule has 1 saturated heterocycles. The van der Waals surface area contributed by atoms with E-state index in [2.05, 4.69) is 36.3 Å². The number of benzene rings is 1. The number of aliphatic imine (C=N–C) groups is 1. The molecule has 0 amide bonds.